The van der Waals surface area contributed by atoms with Crippen molar-refractivity contribution < 1.29 is 14.3 Å². The maximum Gasteiger partial charge on any atom is 0.305 e. The van der Waals surface area contributed by atoms with Gasteiger partial charge in [0.15, 0.2) is 0 Å². The van der Waals surface area contributed by atoms with E-state index in [0.717, 1.165) is 90.9 Å². The van der Waals surface area contributed by atoms with E-state index in [4.69, 9.17) is 4.74 Å². The van der Waals surface area contributed by atoms with Crippen molar-refractivity contribution in [1.29, 1.82) is 0 Å². The lowest BCUT2D eigenvalue weighted by Gasteiger charge is -2.37. The van der Waals surface area contributed by atoms with Crippen LogP contribution in [0.25, 0.3) is 0 Å². The molecular weight excluding hydrogens is 947 g/mol. The second-order valence-electron chi connectivity index (χ2n) is 24.6. The van der Waals surface area contributed by atoms with E-state index < -0.39 is 0 Å². The molecule has 0 aromatic heterocycles. The molecule has 77 heavy (non-hydrogen) atoms. The maximum absolute atomic E-state index is 14.0. The molecule has 0 unspecified atom stereocenters. The number of rotatable bonds is 62. The first-order valence-corrected chi connectivity index (χ1v) is 35.3. The van der Waals surface area contributed by atoms with Gasteiger partial charge in [-0.3, -0.25) is 19.4 Å². The predicted molar refractivity (Wildman–Crippen MR) is 339 cm³/mol. The Hall–Kier alpha value is -1.22. The number of ether oxygens (including phenoxy) is 1. The number of carbonyl (C=O) groups excluding carboxylic acids is 2. The quantitative estimate of drug-likeness (QED) is 0.0444. The molecule has 0 aromatic carbocycles. The first kappa shape index (κ1) is 73.8. The van der Waals surface area contributed by atoms with Gasteiger partial charge < -0.3 is 19.4 Å². The predicted octanol–water partition coefficient (Wildman–Crippen LogP) is 19.0. The molecule has 0 aliphatic carbocycles. The summed E-state index contributed by atoms with van der Waals surface area (Å²) in [6.07, 6.45) is 62.2. The summed E-state index contributed by atoms with van der Waals surface area (Å²) in [6.45, 7) is 26.7. The summed E-state index contributed by atoms with van der Waals surface area (Å²) in [5.74, 6) is 0.274. The van der Waals surface area contributed by atoms with Crippen LogP contribution in [0.4, 0.5) is 0 Å². The molecule has 1 fully saturated rings. The van der Waals surface area contributed by atoms with E-state index >= 15 is 0 Å². The van der Waals surface area contributed by atoms with Crippen molar-refractivity contribution in [1.82, 2.24) is 24.5 Å². The Morgan fingerprint density at radius 1 is 0.312 bits per heavy atom. The fraction of sp³-hybridized carbons (Fsp3) is 0.971. The number of esters is 1. The number of piperazine rings is 1. The van der Waals surface area contributed by atoms with Crippen LogP contribution in [0.1, 0.15) is 336 Å². The Morgan fingerprint density at radius 3 is 0.948 bits per heavy atom. The number of unbranched alkanes of at least 4 members (excludes halogenated alkanes) is 40. The van der Waals surface area contributed by atoms with Crippen molar-refractivity contribution in [3.8, 4) is 0 Å². The highest BCUT2D eigenvalue weighted by atomic mass is 16.5. The normalized spacial score (nSPS) is 13.3. The standard InChI is InChI=1S/C69H139N5O3/c1-6-11-16-20-24-28-32-36-40-46-53-70(54-47-41-37-33-29-25-21-17-12-7-2)58-59-71(55-48-42-38-34-30-26-22-18-13-8-3)60-61-72-62-64-74(65-63-72)68(75)67-73(56-49-43-39-35-31-27-23-19-14-9-4)57-50-44-45-52-69(76)77-66-51-15-10-5/h6-67H2,1-5H3. The molecule has 0 spiro atoms. The van der Waals surface area contributed by atoms with Gasteiger partial charge in [0.05, 0.1) is 13.2 Å². The molecule has 0 aromatic rings. The third-order valence-electron chi connectivity index (χ3n) is 17.2. The van der Waals surface area contributed by atoms with E-state index in [0.29, 0.717) is 25.5 Å². The number of amides is 1. The van der Waals surface area contributed by atoms with Crippen LogP contribution in [0.5, 0.6) is 0 Å². The average Bonchev–Trinajstić information content (AvgIpc) is 3.44. The molecule has 0 atom stereocenters. The lowest BCUT2D eigenvalue weighted by molar-refractivity contribution is -0.143. The molecule has 0 saturated carbocycles. The summed E-state index contributed by atoms with van der Waals surface area (Å²) in [6, 6.07) is 0. The van der Waals surface area contributed by atoms with Crippen molar-refractivity contribution in [3.63, 3.8) is 0 Å². The van der Waals surface area contributed by atoms with Gasteiger partial charge in [0.2, 0.25) is 5.91 Å². The minimum Gasteiger partial charge on any atom is -0.466 e. The lowest BCUT2D eigenvalue weighted by Crippen LogP contribution is -2.52. The van der Waals surface area contributed by atoms with Crippen LogP contribution in [0.3, 0.4) is 0 Å². The smallest absolute Gasteiger partial charge is 0.305 e. The monoisotopic (exact) mass is 1090 g/mol. The van der Waals surface area contributed by atoms with E-state index in [1.165, 1.54) is 290 Å². The van der Waals surface area contributed by atoms with Gasteiger partial charge in [-0.15, -0.1) is 0 Å². The largest absolute Gasteiger partial charge is 0.466 e. The zero-order valence-corrected chi connectivity index (χ0v) is 53.3. The third-order valence-corrected chi connectivity index (χ3v) is 17.2. The fourth-order valence-electron chi connectivity index (χ4n) is 11.7. The molecule has 1 amide bonds. The Kier molecular flexibility index (Phi) is 56.9. The van der Waals surface area contributed by atoms with Gasteiger partial charge in [0.25, 0.3) is 0 Å². The zero-order valence-electron chi connectivity index (χ0n) is 53.3. The van der Waals surface area contributed by atoms with Gasteiger partial charge in [-0.1, -0.05) is 285 Å². The summed E-state index contributed by atoms with van der Waals surface area (Å²) in [5.41, 5.74) is 0. The lowest BCUT2D eigenvalue weighted by atomic mass is 10.1. The first-order chi connectivity index (χ1) is 38.0. The molecule has 8 nitrogen and oxygen atoms in total. The topological polar surface area (TPSA) is 59.6 Å². The first-order valence-electron chi connectivity index (χ1n) is 35.3. The van der Waals surface area contributed by atoms with Crippen molar-refractivity contribution in [2.45, 2.75) is 336 Å². The summed E-state index contributed by atoms with van der Waals surface area (Å²) in [5, 5.41) is 0. The molecule has 458 valence electrons. The molecular formula is C69H139N5O3. The van der Waals surface area contributed by atoms with Gasteiger partial charge in [-0.05, 0) is 77.7 Å². The minimum atomic E-state index is -0.0456. The molecule has 1 rings (SSSR count). The van der Waals surface area contributed by atoms with Crippen LogP contribution >= 0.6 is 0 Å². The van der Waals surface area contributed by atoms with E-state index in [9.17, 15) is 9.59 Å². The van der Waals surface area contributed by atoms with E-state index in [-0.39, 0.29) is 5.97 Å². The van der Waals surface area contributed by atoms with Gasteiger partial charge in [0, 0.05) is 58.8 Å². The summed E-state index contributed by atoms with van der Waals surface area (Å²) >= 11 is 0. The van der Waals surface area contributed by atoms with E-state index in [1.54, 1.807) is 0 Å². The molecule has 1 heterocycles. The van der Waals surface area contributed by atoms with Gasteiger partial charge >= 0.3 is 5.97 Å². The van der Waals surface area contributed by atoms with Gasteiger partial charge in [-0.2, -0.15) is 0 Å². The Bertz CT molecular complexity index is 1170. The highest BCUT2D eigenvalue weighted by Crippen LogP contribution is 2.17. The van der Waals surface area contributed by atoms with Gasteiger partial charge in [-0.25, -0.2) is 0 Å². The van der Waals surface area contributed by atoms with Crippen molar-refractivity contribution in [2.24, 2.45) is 0 Å². The molecule has 0 N–H and O–H groups in total. The molecule has 1 aliphatic heterocycles. The highest BCUT2D eigenvalue weighted by Gasteiger charge is 2.23. The van der Waals surface area contributed by atoms with E-state index in [1.807, 2.05) is 0 Å². The second-order valence-corrected chi connectivity index (χ2v) is 24.6. The number of carbonyl (C=O) groups is 2. The van der Waals surface area contributed by atoms with E-state index in [2.05, 4.69) is 59.1 Å². The Balaban J connectivity index is 2.80. The van der Waals surface area contributed by atoms with Crippen molar-refractivity contribution in [2.75, 3.05) is 98.2 Å². The molecule has 0 radical (unpaired) electrons. The number of hydrogen-bond acceptors (Lipinski definition) is 7. The minimum absolute atomic E-state index is 0.0456. The van der Waals surface area contributed by atoms with Crippen LogP contribution < -0.4 is 0 Å². The molecule has 8 heteroatoms. The molecule has 0 bridgehead atoms. The van der Waals surface area contributed by atoms with Gasteiger partial charge in [0.1, 0.15) is 0 Å². The fourth-order valence-corrected chi connectivity index (χ4v) is 11.7. The van der Waals surface area contributed by atoms with Crippen molar-refractivity contribution >= 4 is 11.9 Å². The Labute approximate surface area is 483 Å². The summed E-state index contributed by atoms with van der Waals surface area (Å²) < 4.78 is 5.46. The molecule has 1 saturated heterocycles. The maximum atomic E-state index is 14.0. The third kappa shape index (κ3) is 50.3. The summed E-state index contributed by atoms with van der Waals surface area (Å²) in [7, 11) is 0. The van der Waals surface area contributed by atoms with Crippen molar-refractivity contribution in [3.05, 3.63) is 0 Å². The Morgan fingerprint density at radius 2 is 0.597 bits per heavy atom. The van der Waals surface area contributed by atoms with Crippen LogP contribution in [-0.2, 0) is 14.3 Å². The van der Waals surface area contributed by atoms with Crippen LogP contribution in [-0.4, -0.2) is 135 Å². The average molecular weight is 1090 g/mol. The molecule has 1 aliphatic rings. The van der Waals surface area contributed by atoms with Crippen LogP contribution in [0, 0.1) is 0 Å². The zero-order chi connectivity index (χ0) is 55.6. The van der Waals surface area contributed by atoms with Crippen LogP contribution in [0.15, 0.2) is 0 Å². The number of hydrogen-bond donors (Lipinski definition) is 0. The second kappa shape index (κ2) is 59.4. The summed E-state index contributed by atoms with van der Waals surface area (Å²) in [4.78, 5) is 39.3. The SMILES string of the molecule is CCCCCCCCCCCCN(CCCCCCCCCCCC)CCN(CCCCCCCCCCCC)CCN1CCN(C(=O)CN(CCCCCCCCCCCC)CCCCCC(=O)OCCCCC)CC1. The van der Waals surface area contributed by atoms with Crippen LogP contribution in [0.2, 0.25) is 0 Å². The highest BCUT2D eigenvalue weighted by molar-refractivity contribution is 5.78. The number of nitrogens with zero attached hydrogens (tertiary/aromatic N) is 5.